The number of amides is 1. The minimum atomic E-state index is -3.84. The molecule has 3 aromatic rings. The summed E-state index contributed by atoms with van der Waals surface area (Å²) in [5, 5.41) is 6.37. The first-order valence-corrected chi connectivity index (χ1v) is 10.8. The van der Waals surface area contributed by atoms with Gasteiger partial charge in [-0.1, -0.05) is 21.1 Å². The average molecular weight is 480 g/mol. The number of aromatic nitrogens is 1. The molecule has 1 heterocycles. The van der Waals surface area contributed by atoms with Gasteiger partial charge in [0.25, 0.3) is 15.9 Å². The number of halogens is 1. The molecule has 0 bridgehead atoms. The standard InChI is InChI=1S/C19H18BrN3O5S/c1-12-13(2)22-28-19(12)23-29(25,26)17-9-5-15(6-10-17)21-18(24)11-27-16-7-3-14(20)4-8-16/h3-10,23H,11H2,1-2H3,(H,21,24). The summed E-state index contributed by atoms with van der Waals surface area (Å²) in [5.41, 5.74) is 1.66. The Balaban J connectivity index is 1.59. The molecule has 0 saturated heterocycles. The van der Waals surface area contributed by atoms with E-state index in [0.29, 0.717) is 22.7 Å². The highest BCUT2D eigenvalue weighted by Crippen LogP contribution is 2.22. The summed E-state index contributed by atoms with van der Waals surface area (Å²) in [6.07, 6.45) is 0. The monoisotopic (exact) mass is 479 g/mol. The Bertz CT molecular complexity index is 1110. The van der Waals surface area contributed by atoms with Gasteiger partial charge in [-0.2, -0.15) is 0 Å². The second-order valence-electron chi connectivity index (χ2n) is 6.14. The Morgan fingerprint density at radius 3 is 2.34 bits per heavy atom. The van der Waals surface area contributed by atoms with E-state index in [1.54, 1.807) is 26.0 Å². The number of anilines is 2. The molecule has 0 atom stereocenters. The van der Waals surface area contributed by atoms with Gasteiger partial charge in [0.1, 0.15) is 5.75 Å². The van der Waals surface area contributed by atoms with Crippen molar-refractivity contribution >= 4 is 43.4 Å². The fourth-order valence-corrected chi connectivity index (χ4v) is 3.60. The summed E-state index contributed by atoms with van der Waals surface area (Å²) in [6, 6.07) is 12.8. The van der Waals surface area contributed by atoms with Crippen LogP contribution in [0.4, 0.5) is 11.6 Å². The minimum absolute atomic E-state index is 0.0232. The summed E-state index contributed by atoms with van der Waals surface area (Å²) < 4.78 is 38.6. The lowest BCUT2D eigenvalue weighted by Gasteiger charge is -2.09. The van der Waals surface area contributed by atoms with Crippen LogP contribution in [0, 0.1) is 13.8 Å². The van der Waals surface area contributed by atoms with E-state index in [1.165, 1.54) is 24.3 Å². The van der Waals surface area contributed by atoms with E-state index in [-0.39, 0.29) is 23.3 Å². The molecule has 2 aromatic carbocycles. The Morgan fingerprint density at radius 1 is 1.10 bits per heavy atom. The number of carbonyl (C=O) groups is 1. The van der Waals surface area contributed by atoms with Crippen LogP contribution in [0.15, 0.2) is 62.4 Å². The maximum Gasteiger partial charge on any atom is 0.264 e. The lowest BCUT2D eigenvalue weighted by atomic mass is 10.3. The van der Waals surface area contributed by atoms with Crippen LogP contribution in [0.1, 0.15) is 11.3 Å². The molecule has 2 N–H and O–H groups in total. The van der Waals surface area contributed by atoms with E-state index < -0.39 is 10.0 Å². The molecule has 0 spiro atoms. The van der Waals surface area contributed by atoms with Crippen molar-refractivity contribution in [1.82, 2.24) is 5.16 Å². The molecule has 8 nitrogen and oxygen atoms in total. The third kappa shape index (κ3) is 5.36. The molecule has 29 heavy (non-hydrogen) atoms. The molecule has 0 aliphatic heterocycles. The number of hydrogen-bond donors (Lipinski definition) is 2. The largest absolute Gasteiger partial charge is 0.484 e. The topological polar surface area (TPSA) is 111 Å². The number of benzene rings is 2. The van der Waals surface area contributed by atoms with E-state index >= 15 is 0 Å². The maximum atomic E-state index is 12.5. The quantitative estimate of drug-likeness (QED) is 0.531. The van der Waals surface area contributed by atoms with Crippen molar-refractivity contribution in [3.05, 3.63) is 64.3 Å². The Kier molecular flexibility index (Phi) is 6.23. The van der Waals surface area contributed by atoms with Crippen molar-refractivity contribution in [3.8, 4) is 5.75 Å². The third-order valence-electron chi connectivity index (χ3n) is 4.02. The molecule has 0 fully saturated rings. The van der Waals surface area contributed by atoms with Crippen LogP contribution in [-0.4, -0.2) is 26.1 Å². The lowest BCUT2D eigenvalue weighted by molar-refractivity contribution is -0.118. The summed E-state index contributed by atoms with van der Waals surface area (Å²) in [4.78, 5) is 12.0. The second kappa shape index (κ2) is 8.66. The van der Waals surface area contributed by atoms with Crippen LogP contribution < -0.4 is 14.8 Å². The molecule has 3 rings (SSSR count). The summed E-state index contributed by atoms with van der Waals surface area (Å²) >= 11 is 3.32. The van der Waals surface area contributed by atoms with Crippen molar-refractivity contribution in [1.29, 1.82) is 0 Å². The van der Waals surface area contributed by atoms with Crippen LogP contribution >= 0.6 is 15.9 Å². The molecule has 1 amide bonds. The first-order chi connectivity index (χ1) is 13.7. The van der Waals surface area contributed by atoms with Gasteiger partial charge >= 0.3 is 0 Å². The van der Waals surface area contributed by atoms with Crippen LogP contribution in [0.2, 0.25) is 0 Å². The minimum Gasteiger partial charge on any atom is -0.484 e. The molecule has 0 unspecified atom stereocenters. The zero-order valence-electron chi connectivity index (χ0n) is 15.6. The maximum absolute atomic E-state index is 12.5. The van der Waals surface area contributed by atoms with E-state index in [2.05, 4.69) is 31.1 Å². The predicted octanol–water partition coefficient (Wildman–Crippen LogP) is 3.87. The predicted molar refractivity (Wildman–Crippen MR) is 111 cm³/mol. The van der Waals surface area contributed by atoms with Crippen molar-refractivity contribution in [3.63, 3.8) is 0 Å². The van der Waals surface area contributed by atoms with E-state index in [1.807, 2.05) is 12.1 Å². The molecular formula is C19H18BrN3O5S. The van der Waals surface area contributed by atoms with E-state index in [0.717, 1.165) is 4.47 Å². The number of ether oxygens (including phenoxy) is 1. The number of rotatable bonds is 7. The van der Waals surface area contributed by atoms with Gasteiger partial charge in [-0.15, -0.1) is 0 Å². The molecule has 0 radical (unpaired) electrons. The highest BCUT2D eigenvalue weighted by Gasteiger charge is 2.19. The number of hydrogen-bond acceptors (Lipinski definition) is 6. The van der Waals surface area contributed by atoms with Gasteiger partial charge in [0.15, 0.2) is 6.61 Å². The van der Waals surface area contributed by atoms with Gasteiger partial charge in [-0.25, -0.2) is 13.1 Å². The molecule has 0 aliphatic carbocycles. The lowest BCUT2D eigenvalue weighted by Crippen LogP contribution is -2.20. The van der Waals surface area contributed by atoms with E-state index in [4.69, 9.17) is 9.26 Å². The van der Waals surface area contributed by atoms with Crippen molar-refractivity contribution in [2.24, 2.45) is 0 Å². The first kappa shape index (κ1) is 20.9. The van der Waals surface area contributed by atoms with Crippen molar-refractivity contribution < 1.29 is 22.5 Å². The van der Waals surface area contributed by atoms with Crippen molar-refractivity contribution in [2.75, 3.05) is 16.6 Å². The number of nitrogens with one attached hydrogen (secondary N) is 2. The molecule has 10 heteroatoms. The Morgan fingerprint density at radius 2 is 1.76 bits per heavy atom. The highest BCUT2D eigenvalue weighted by molar-refractivity contribution is 9.10. The van der Waals surface area contributed by atoms with Crippen LogP contribution in [-0.2, 0) is 14.8 Å². The zero-order valence-corrected chi connectivity index (χ0v) is 18.0. The first-order valence-electron chi connectivity index (χ1n) is 8.48. The average Bonchev–Trinajstić information content (AvgIpc) is 2.99. The number of nitrogens with zero attached hydrogens (tertiary/aromatic N) is 1. The number of sulfonamides is 1. The van der Waals surface area contributed by atoms with Gasteiger partial charge < -0.3 is 14.6 Å². The number of aryl methyl sites for hydroxylation is 1. The number of carbonyl (C=O) groups excluding carboxylic acids is 1. The SMILES string of the molecule is Cc1noc(NS(=O)(=O)c2ccc(NC(=O)COc3ccc(Br)cc3)cc2)c1C. The molecule has 0 aliphatic rings. The summed E-state index contributed by atoms with van der Waals surface area (Å²) in [6.45, 7) is 3.25. The second-order valence-corrected chi connectivity index (χ2v) is 8.74. The normalized spacial score (nSPS) is 11.1. The Labute approximate surface area is 176 Å². The van der Waals surface area contributed by atoms with Crippen molar-refractivity contribution in [2.45, 2.75) is 18.7 Å². The van der Waals surface area contributed by atoms with Gasteiger partial charge in [0, 0.05) is 15.7 Å². The van der Waals surface area contributed by atoms with Gasteiger partial charge in [0.05, 0.1) is 10.6 Å². The van der Waals surface area contributed by atoms with E-state index in [9.17, 15) is 13.2 Å². The third-order valence-corrected chi connectivity index (χ3v) is 5.89. The molecule has 1 aromatic heterocycles. The smallest absolute Gasteiger partial charge is 0.264 e. The summed E-state index contributed by atoms with van der Waals surface area (Å²) in [7, 11) is -3.84. The molecular weight excluding hydrogens is 462 g/mol. The molecule has 0 saturated carbocycles. The van der Waals surface area contributed by atoms with Gasteiger partial charge in [-0.05, 0) is 62.4 Å². The van der Waals surface area contributed by atoms with Crippen LogP contribution in [0.25, 0.3) is 0 Å². The Hall–Kier alpha value is -2.85. The fraction of sp³-hybridized carbons (Fsp3) is 0.158. The summed E-state index contributed by atoms with van der Waals surface area (Å²) in [5.74, 6) is 0.271. The fourth-order valence-electron chi connectivity index (χ4n) is 2.29. The highest BCUT2D eigenvalue weighted by atomic mass is 79.9. The zero-order chi connectivity index (χ0) is 21.0. The van der Waals surface area contributed by atoms with Crippen LogP contribution in [0.5, 0.6) is 5.75 Å². The van der Waals surface area contributed by atoms with Gasteiger partial charge in [0.2, 0.25) is 5.88 Å². The van der Waals surface area contributed by atoms with Gasteiger partial charge in [-0.3, -0.25) is 4.79 Å². The van der Waals surface area contributed by atoms with Crippen LogP contribution in [0.3, 0.4) is 0 Å². The molecule has 152 valence electrons.